The van der Waals surface area contributed by atoms with Crippen LogP contribution >= 0.6 is 0 Å². The van der Waals surface area contributed by atoms with Gasteiger partial charge < -0.3 is 15.4 Å². The summed E-state index contributed by atoms with van der Waals surface area (Å²) < 4.78 is 5.44. The minimum Gasteiger partial charge on any atom is -0.496 e. The van der Waals surface area contributed by atoms with Crippen LogP contribution in [0.1, 0.15) is 30.4 Å². The van der Waals surface area contributed by atoms with Crippen LogP contribution in [0.25, 0.3) is 0 Å². The summed E-state index contributed by atoms with van der Waals surface area (Å²) in [6.07, 6.45) is 3.74. The molecule has 1 aromatic carbocycles. The van der Waals surface area contributed by atoms with Gasteiger partial charge in [0.15, 0.2) is 0 Å². The maximum atomic E-state index is 5.98. The van der Waals surface area contributed by atoms with Gasteiger partial charge in [-0.05, 0) is 38.6 Å². The lowest BCUT2D eigenvalue weighted by Crippen LogP contribution is -2.41. The summed E-state index contributed by atoms with van der Waals surface area (Å²) in [7, 11) is 5.89. The molecular weight excluding hydrogens is 224 g/mol. The highest BCUT2D eigenvalue weighted by Crippen LogP contribution is 2.43. The Balaban J connectivity index is 2.33. The van der Waals surface area contributed by atoms with Crippen LogP contribution in [0.5, 0.6) is 5.75 Å². The summed E-state index contributed by atoms with van der Waals surface area (Å²) in [6, 6.07) is 6.55. The first-order chi connectivity index (χ1) is 8.61. The summed E-state index contributed by atoms with van der Waals surface area (Å²) >= 11 is 0. The van der Waals surface area contributed by atoms with Crippen LogP contribution in [0.4, 0.5) is 0 Å². The molecule has 0 unspecified atom stereocenters. The number of benzene rings is 1. The van der Waals surface area contributed by atoms with Gasteiger partial charge in [0.25, 0.3) is 0 Å². The maximum absolute atomic E-state index is 5.98. The topological polar surface area (TPSA) is 38.5 Å². The Labute approximate surface area is 110 Å². The van der Waals surface area contributed by atoms with Crippen LogP contribution in [0, 0.1) is 0 Å². The van der Waals surface area contributed by atoms with Gasteiger partial charge in [-0.25, -0.2) is 0 Å². The van der Waals surface area contributed by atoms with Crippen molar-refractivity contribution in [2.24, 2.45) is 5.73 Å². The molecule has 3 heteroatoms. The van der Waals surface area contributed by atoms with Crippen LogP contribution in [-0.2, 0) is 12.0 Å². The zero-order valence-electron chi connectivity index (χ0n) is 11.7. The van der Waals surface area contributed by atoms with Crippen LogP contribution in [-0.4, -0.2) is 32.6 Å². The molecule has 1 aliphatic rings. The first-order valence-electron chi connectivity index (χ1n) is 6.63. The summed E-state index contributed by atoms with van der Waals surface area (Å²) in [5, 5.41) is 0. The van der Waals surface area contributed by atoms with Gasteiger partial charge in [-0.2, -0.15) is 0 Å². The minimum atomic E-state index is 0.229. The van der Waals surface area contributed by atoms with Crippen LogP contribution in [0.3, 0.4) is 0 Å². The molecule has 1 fully saturated rings. The lowest BCUT2D eigenvalue weighted by molar-refractivity contribution is 0.252. The van der Waals surface area contributed by atoms with Crippen LogP contribution in [0.2, 0.25) is 0 Å². The highest BCUT2D eigenvalue weighted by atomic mass is 16.5. The number of hydrogen-bond acceptors (Lipinski definition) is 3. The molecular formula is C15H24N2O. The zero-order valence-corrected chi connectivity index (χ0v) is 11.7. The number of methoxy groups -OCH3 is 1. The van der Waals surface area contributed by atoms with Crippen molar-refractivity contribution in [3.63, 3.8) is 0 Å². The molecule has 0 spiro atoms. The summed E-state index contributed by atoms with van der Waals surface area (Å²) in [6.45, 7) is 1.65. The van der Waals surface area contributed by atoms with Gasteiger partial charge in [-0.3, -0.25) is 0 Å². The van der Waals surface area contributed by atoms with Gasteiger partial charge in [-0.15, -0.1) is 0 Å². The number of ether oxygens (including phenoxy) is 1. The Bertz CT molecular complexity index is 405. The Kier molecular flexibility index (Phi) is 3.93. The third-order valence-electron chi connectivity index (χ3n) is 4.08. The SMILES string of the molecule is COc1ccc(C2(CN)CCC2)cc1CN(C)C. The molecule has 100 valence electrons. The minimum absolute atomic E-state index is 0.229. The molecule has 0 aliphatic heterocycles. The summed E-state index contributed by atoms with van der Waals surface area (Å²) in [4.78, 5) is 2.16. The molecule has 1 aliphatic carbocycles. The zero-order chi connectivity index (χ0) is 13.2. The molecule has 1 saturated carbocycles. The van der Waals surface area contributed by atoms with E-state index in [1.54, 1.807) is 7.11 Å². The van der Waals surface area contributed by atoms with E-state index in [2.05, 4.69) is 37.2 Å². The van der Waals surface area contributed by atoms with Crippen molar-refractivity contribution in [2.75, 3.05) is 27.7 Å². The Morgan fingerprint density at radius 2 is 2.06 bits per heavy atom. The van der Waals surface area contributed by atoms with E-state index in [1.807, 2.05) is 0 Å². The molecule has 3 nitrogen and oxygen atoms in total. The fraction of sp³-hybridized carbons (Fsp3) is 0.600. The average molecular weight is 248 g/mol. The van der Waals surface area contributed by atoms with Crippen molar-refractivity contribution < 1.29 is 4.74 Å². The van der Waals surface area contributed by atoms with E-state index in [0.29, 0.717) is 0 Å². The number of rotatable bonds is 5. The van der Waals surface area contributed by atoms with Gasteiger partial charge in [0.1, 0.15) is 5.75 Å². The first-order valence-corrected chi connectivity index (χ1v) is 6.63. The monoisotopic (exact) mass is 248 g/mol. The maximum Gasteiger partial charge on any atom is 0.123 e. The molecule has 0 bridgehead atoms. The molecule has 1 aromatic rings. The lowest BCUT2D eigenvalue weighted by atomic mass is 9.64. The van der Waals surface area contributed by atoms with Crippen LogP contribution < -0.4 is 10.5 Å². The van der Waals surface area contributed by atoms with Gasteiger partial charge in [0.05, 0.1) is 7.11 Å². The quantitative estimate of drug-likeness (QED) is 0.867. The molecule has 0 amide bonds. The number of nitrogens with two attached hydrogens (primary N) is 1. The van der Waals surface area contributed by atoms with Crippen molar-refractivity contribution in [1.29, 1.82) is 0 Å². The predicted octanol–water partition coefficient (Wildman–Crippen LogP) is 2.14. The smallest absolute Gasteiger partial charge is 0.123 e. The fourth-order valence-electron chi connectivity index (χ4n) is 2.79. The van der Waals surface area contributed by atoms with E-state index >= 15 is 0 Å². The molecule has 0 saturated heterocycles. The second-order valence-electron chi connectivity index (χ2n) is 5.60. The van der Waals surface area contributed by atoms with E-state index < -0.39 is 0 Å². The number of hydrogen-bond donors (Lipinski definition) is 1. The third-order valence-corrected chi connectivity index (χ3v) is 4.08. The van der Waals surface area contributed by atoms with E-state index in [0.717, 1.165) is 18.8 Å². The standard InChI is InChI=1S/C15H24N2O/c1-17(2)10-12-9-13(5-6-14(12)18-3)15(11-16)7-4-8-15/h5-6,9H,4,7-8,10-11,16H2,1-3H3. The largest absolute Gasteiger partial charge is 0.496 e. The summed E-state index contributed by atoms with van der Waals surface area (Å²) in [5.41, 5.74) is 8.84. The highest BCUT2D eigenvalue weighted by Gasteiger charge is 2.37. The van der Waals surface area contributed by atoms with Gasteiger partial charge in [0, 0.05) is 24.1 Å². The van der Waals surface area contributed by atoms with Crippen LogP contribution in [0.15, 0.2) is 18.2 Å². The number of nitrogens with zero attached hydrogens (tertiary/aromatic N) is 1. The van der Waals surface area contributed by atoms with Gasteiger partial charge in [0.2, 0.25) is 0 Å². The first kappa shape index (κ1) is 13.4. The molecule has 0 radical (unpaired) electrons. The second-order valence-corrected chi connectivity index (χ2v) is 5.60. The van der Waals surface area contributed by atoms with E-state index in [4.69, 9.17) is 10.5 Å². The highest BCUT2D eigenvalue weighted by molar-refractivity contribution is 5.41. The van der Waals surface area contributed by atoms with Crippen molar-refractivity contribution in [3.05, 3.63) is 29.3 Å². The van der Waals surface area contributed by atoms with Crippen molar-refractivity contribution in [3.8, 4) is 5.75 Å². The summed E-state index contributed by atoms with van der Waals surface area (Å²) in [5.74, 6) is 0.971. The molecule has 0 heterocycles. The van der Waals surface area contributed by atoms with Gasteiger partial charge in [-0.1, -0.05) is 18.6 Å². The Morgan fingerprint density at radius 1 is 1.33 bits per heavy atom. The molecule has 18 heavy (non-hydrogen) atoms. The molecule has 0 atom stereocenters. The second kappa shape index (κ2) is 5.29. The van der Waals surface area contributed by atoms with E-state index in [1.165, 1.54) is 30.4 Å². The normalized spacial score (nSPS) is 17.6. The van der Waals surface area contributed by atoms with Crippen molar-refractivity contribution in [2.45, 2.75) is 31.2 Å². The van der Waals surface area contributed by atoms with E-state index in [-0.39, 0.29) is 5.41 Å². The molecule has 2 N–H and O–H groups in total. The molecule has 0 aromatic heterocycles. The average Bonchev–Trinajstić information content (AvgIpc) is 2.28. The molecule has 2 rings (SSSR count). The lowest BCUT2D eigenvalue weighted by Gasteiger charge is -2.42. The van der Waals surface area contributed by atoms with Crippen molar-refractivity contribution in [1.82, 2.24) is 4.90 Å². The fourth-order valence-corrected chi connectivity index (χ4v) is 2.79. The predicted molar refractivity (Wildman–Crippen MR) is 75.0 cm³/mol. The Hall–Kier alpha value is -1.06. The third kappa shape index (κ3) is 2.38. The Morgan fingerprint density at radius 3 is 2.50 bits per heavy atom. The van der Waals surface area contributed by atoms with Crippen molar-refractivity contribution >= 4 is 0 Å². The van der Waals surface area contributed by atoms with E-state index in [9.17, 15) is 0 Å². The van der Waals surface area contributed by atoms with Gasteiger partial charge >= 0.3 is 0 Å².